The van der Waals surface area contributed by atoms with Crippen LogP contribution in [-0.2, 0) is 6.54 Å². The van der Waals surface area contributed by atoms with Gasteiger partial charge in [0.05, 0.1) is 17.5 Å². The Hall–Kier alpha value is -2.21. The molecule has 1 aliphatic carbocycles. The number of aromatic amines is 1. The average Bonchev–Trinajstić information content (AvgIpc) is 3.16. The maximum absolute atomic E-state index is 13.2. The first-order valence-electron chi connectivity index (χ1n) is 9.37. The van der Waals surface area contributed by atoms with Crippen LogP contribution < -0.4 is 0 Å². The van der Waals surface area contributed by atoms with Gasteiger partial charge in [-0.1, -0.05) is 31.4 Å². The molecule has 1 saturated carbocycles. The van der Waals surface area contributed by atoms with Gasteiger partial charge < -0.3 is 10.0 Å². The maximum Gasteiger partial charge on any atom is 0.257 e. The van der Waals surface area contributed by atoms with Crippen LogP contribution in [0, 0.1) is 5.82 Å². The Labute approximate surface area is 153 Å². The number of hydrogen-bond acceptors (Lipinski definition) is 3. The largest absolute Gasteiger partial charge is 0.396 e. The molecule has 0 bridgehead atoms. The molecule has 0 aliphatic heterocycles. The Morgan fingerprint density at radius 2 is 1.96 bits per heavy atom. The van der Waals surface area contributed by atoms with Crippen LogP contribution in [0.15, 0.2) is 30.5 Å². The summed E-state index contributed by atoms with van der Waals surface area (Å²) in [5.74, 6) is -0.0239. The van der Waals surface area contributed by atoms with Crippen molar-refractivity contribution in [1.29, 1.82) is 0 Å². The zero-order chi connectivity index (χ0) is 18.4. The third-order valence-electron chi connectivity index (χ3n) is 5.07. The zero-order valence-electron chi connectivity index (χ0n) is 15.0. The second-order valence-corrected chi connectivity index (χ2v) is 6.96. The Morgan fingerprint density at radius 3 is 2.65 bits per heavy atom. The second-order valence-electron chi connectivity index (χ2n) is 6.96. The molecule has 5 nitrogen and oxygen atoms in total. The lowest BCUT2D eigenvalue weighted by molar-refractivity contribution is 0.0730. The Morgan fingerprint density at radius 1 is 1.23 bits per heavy atom. The zero-order valence-corrected chi connectivity index (χ0v) is 15.0. The van der Waals surface area contributed by atoms with Gasteiger partial charge in [-0.05, 0) is 37.0 Å². The Kier molecular flexibility index (Phi) is 6.39. The molecule has 2 N–H and O–H groups in total. The second kappa shape index (κ2) is 8.94. The van der Waals surface area contributed by atoms with E-state index in [1.807, 2.05) is 0 Å². The molecule has 140 valence electrons. The van der Waals surface area contributed by atoms with Gasteiger partial charge in [-0.2, -0.15) is 5.10 Å². The molecule has 2 aromatic rings. The molecule has 1 heterocycles. The van der Waals surface area contributed by atoms with Gasteiger partial charge in [0, 0.05) is 25.6 Å². The summed E-state index contributed by atoms with van der Waals surface area (Å²) in [6.07, 6.45) is 7.89. The van der Waals surface area contributed by atoms with Crippen LogP contribution in [-0.4, -0.2) is 39.3 Å². The van der Waals surface area contributed by atoms with E-state index in [1.54, 1.807) is 23.2 Å². The number of aromatic nitrogens is 2. The van der Waals surface area contributed by atoms with E-state index < -0.39 is 0 Å². The van der Waals surface area contributed by atoms with E-state index in [4.69, 9.17) is 0 Å². The average molecular weight is 359 g/mol. The van der Waals surface area contributed by atoms with E-state index in [0.717, 1.165) is 24.1 Å². The van der Waals surface area contributed by atoms with Crippen molar-refractivity contribution < 1.29 is 14.3 Å². The number of aliphatic hydroxyl groups excluding tert-OH is 1. The number of carbonyl (C=O) groups excluding carboxylic acids is 1. The van der Waals surface area contributed by atoms with Crippen molar-refractivity contribution in [3.05, 3.63) is 53.1 Å². The number of benzene rings is 1. The van der Waals surface area contributed by atoms with Gasteiger partial charge in [0.15, 0.2) is 0 Å². The van der Waals surface area contributed by atoms with Crippen molar-refractivity contribution in [3.8, 4) is 0 Å². The van der Waals surface area contributed by atoms with Crippen LogP contribution in [0.3, 0.4) is 0 Å². The minimum absolute atomic E-state index is 0.0219. The summed E-state index contributed by atoms with van der Waals surface area (Å²) >= 11 is 0. The first kappa shape index (κ1) is 18.6. The number of hydrogen-bond donors (Lipinski definition) is 2. The highest BCUT2D eigenvalue weighted by Gasteiger charge is 2.26. The van der Waals surface area contributed by atoms with Crippen molar-refractivity contribution >= 4 is 5.91 Å². The SMILES string of the molecule is O=C(c1cn[nH]c1C1CCCCC1)N(CCCO)Cc1ccc(F)cc1. The van der Waals surface area contributed by atoms with Crippen LogP contribution in [0.4, 0.5) is 4.39 Å². The third-order valence-corrected chi connectivity index (χ3v) is 5.07. The Bertz CT molecular complexity index is 708. The Balaban J connectivity index is 1.78. The minimum atomic E-state index is -0.295. The molecular formula is C20H26FN3O2. The molecule has 1 amide bonds. The number of nitrogens with one attached hydrogen (secondary N) is 1. The number of H-pyrrole nitrogens is 1. The van der Waals surface area contributed by atoms with Gasteiger partial charge in [0.2, 0.25) is 0 Å². The predicted molar refractivity (Wildman–Crippen MR) is 97.3 cm³/mol. The highest BCUT2D eigenvalue weighted by Crippen LogP contribution is 2.33. The molecule has 0 unspecified atom stereocenters. The number of nitrogens with zero attached hydrogens (tertiary/aromatic N) is 2. The molecule has 1 aliphatic rings. The number of amides is 1. The van der Waals surface area contributed by atoms with Crippen LogP contribution in [0.2, 0.25) is 0 Å². The summed E-state index contributed by atoms with van der Waals surface area (Å²) in [5.41, 5.74) is 2.42. The van der Waals surface area contributed by atoms with Crippen molar-refractivity contribution in [2.75, 3.05) is 13.2 Å². The van der Waals surface area contributed by atoms with E-state index in [9.17, 15) is 14.3 Å². The molecule has 3 rings (SSSR count). The summed E-state index contributed by atoms with van der Waals surface area (Å²) < 4.78 is 13.1. The summed E-state index contributed by atoms with van der Waals surface area (Å²) in [6, 6.07) is 6.17. The quantitative estimate of drug-likeness (QED) is 0.793. The third kappa shape index (κ3) is 4.49. The molecule has 0 saturated heterocycles. The van der Waals surface area contributed by atoms with Crippen molar-refractivity contribution in [1.82, 2.24) is 15.1 Å². The highest BCUT2D eigenvalue weighted by atomic mass is 19.1. The van der Waals surface area contributed by atoms with Crippen molar-refractivity contribution in [3.63, 3.8) is 0 Å². The number of rotatable bonds is 7. The lowest BCUT2D eigenvalue weighted by Gasteiger charge is -2.25. The molecule has 1 fully saturated rings. The van der Waals surface area contributed by atoms with Gasteiger partial charge in [0.25, 0.3) is 5.91 Å². The standard InChI is InChI=1S/C20H26FN3O2/c21-17-9-7-15(8-10-17)14-24(11-4-12-25)20(26)18-13-22-23-19(18)16-5-2-1-3-6-16/h7-10,13,16,25H,1-6,11-12,14H2,(H,22,23). The first-order valence-corrected chi connectivity index (χ1v) is 9.37. The van der Waals surface area contributed by atoms with Gasteiger partial charge in [-0.3, -0.25) is 9.89 Å². The van der Waals surface area contributed by atoms with E-state index in [-0.39, 0.29) is 18.3 Å². The first-order chi connectivity index (χ1) is 12.7. The summed E-state index contributed by atoms with van der Waals surface area (Å²) in [4.78, 5) is 14.9. The van der Waals surface area contributed by atoms with Crippen LogP contribution in [0.1, 0.15) is 66.1 Å². The van der Waals surface area contributed by atoms with Crippen LogP contribution in [0.5, 0.6) is 0 Å². The number of aliphatic hydroxyl groups is 1. The van der Waals surface area contributed by atoms with E-state index in [2.05, 4.69) is 10.2 Å². The molecule has 0 atom stereocenters. The lowest BCUT2D eigenvalue weighted by Crippen LogP contribution is -2.32. The molecule has 1 aromatic carbocycles. The summed E-state index contributed by atoms with van der Waals surface area (Å²) in [6.45, 7) is 0.852. The van der Waals surface area contributed by atoms with E-state index >= 15 is 0 Å². The van der Waals surface area contributed by atoms with Crippen molar-refractivity contribution in [2.45, 2.75) is 51.0 Å². The van der Waals surface area contributed by atoms with E-state index in [1.165, 1.54) is 31.4 Å². The molecular weight excluding hydrogens is 333 g/mol. The smallest absolute Gasteiger partial charge is 0.257 e. The summed E-state index contributed by atoms with van der Waals surface area (Å²) in [5, 5.41) is 16.4. The van der Waals surface area contributed by atoms with Gasteiger partial charge in [-0.25, -0.2) is 4.39 Å². The maximum atomic E-state index is 13.2. The van der Waals surface area contributed by atoms with Crippen LogP contribution >= 0.6 is 0 Å². The van der Waals surface area contributed by atoms with E-state index in [0.29, 0.717) is 31.0 Å². The molecule has 0 spiro atoms. The molecule has 26 heavy (non-hydrogen) atoms. The lowest BCUT2D eigenvalue weighted by atomic mass is 9.85. The molecule has 0 radical (unpaired) electrons. The van der Waals surface area contributed by atoms with Crippen LogP contribution in [0.25, 0.3) is 0 Å². The van der Waals surface area contributed by atoms with Gasteiger partial charge >= 0.3 is 0 Å². The van der Waals surface area contributed by atoms with Crippen molar-refractivity contribution in [2.24, 2.45) is 0 Å². The molecule has 1 aromatic heterocycles. The highest BCUT2D eigenvalue weighted by molar-refractivity contribution is 5.95. The molecule has 6 heteroatoms. The fraction of sp³-hybridized carbons (Fsp3) is 0.500. The fourth-order valence-electron chi connectivity index (χ4n) is 3.66. The van der Waals surface area contributed by atoms with Gasteiger partial charge in [-0.15, -0.1) is 0 Å². The fourth-order valence-corrected chi connectivity index (χ4v) is 3.66. The minimum Gasteiger partial charge on any atom is -0.396 e. The number of carbonyl (C=O) groups is 1. The monoisotopic (exact) mass is 359 g/mol. The summed E-state index contributed by atoms with van der Waals surface area (Å²) in [7, 11) is 0. The predicted octanol–water partition coefficient (Wildman–Crippen LogP) is 3.62. The normalized spacial score (nSPS) is 15.2. The topological polar surface area (TPSA) is 69.2 Å². The number of halogens is 1. The van der Waals surface area contributed by atoms with Gasteiger partial charge in [0.1, 0.15) is 5.82 Å².